The van der Waals surface area contributed by atoms with Gasteiger partial charge in [0.25, 0.3) is 0 Å². The van der Waals surface area contributed by atoms with Crippen LogP contribution in [0.3, 0.4) is 0 Å². The van der Waals surface area contributed by atoms with Crippen LogP contribution in [0.15, 0.2) is 91.0 Å². The molecule has 128 valence electrons. The Morgan fingerprint density at radius 1 is 0.731 bits per heavy atom. The molecule has 3 aromatic rings. The van der Waals surface area contributed by atoms with E-state index in [1.807, 2.05) is 0 Å². The highest BCUT2D eigenvalue weighted by molar-refractivity contribution is 6.09. The molecule has 0 unspecified atom stereocenters. The van der Waals surface area contributed by atoms with Gasteiger partial charge in [-0.25, -0.2) is 4.79 Å². The van der Waals surface area contributed by atoms with E-state index in [9.17, 15) is 14.7 Å². The molecule has 0 radical (unpaired) electrons. The maximum Gasteiger partial charge on any atom is 0.343 e. The fourth-order valence-corrected chi connectivity index (χ4v) is 2.38. The largest absolute Gasteiger partial charge is 0.507 e. The molecule has 0 saturated heterocycles. The van der Waals surface area contributed by atoms with Crippen LogP contribution in [0, 0.1) is 0 Å². The molecule has 0 bridgehead atoms. The summed E-state index contributed by atoms with van der Waals surface area (Å²) in [5.74, 6) is -1.03. The highest BCUT2D eigenvalue weighted by atomic mass is 16.5. The quantitative estimate of drug-likeness (QED) is 0.321. The molecule has 0 aliphatic rings. The zero-order valence-electron chi connectivity index (χ0n) is 13.8. The summed E-state index contributed by atoms with van der Waals surface area (Å²) in [4.78, 5) is 24.9. The summed E-state index contributed by atoms with van der Waals surface area (Å²) in [6.45, 7) is 0. The average molecular weight is 344 g/mol. The van der Waals surface area contributed by atoms with Crippen molar-refractivity contribution in [3.63, 3.8) is 0 Å². The lowest BCUT2D eigenvalue weighted by molar-refractivity contribution is 0.0691. The minimum absolute atomic E-state index is 0.00851. The maximum atomic E-state index is 12.5. The Kier molecular flexibility index (Phi) is 5.25. The zero-order valence-corrected chi connectivity index (χ0v) is 13.8. The summed E-state index contributed by atoms with van der Waals surface area (Å²) in [6.07, 6.45) is 1.21. The van der Waals surface area contributed by atoms with Crippen molar-refractivity contribution in [1.29, 1.82) is 0 Å². The third kappa shape index (κ3) is 4.05. The number of hydrogen-bond donors (Lipinski definition) is 1. The Balaban J connectivity index is 1.97. The monoisotopic (exact) mass is 344 g/mol. The van der Waals surface area contributed by atoms with E-state index in [0.29, 0.717) is 11.1 Å². The van der Waals surface area contributed by atoms with Gasteiger partial charge < -0.3 is 9.84 Å². The highest BCUT2D eigenvalue weighted by Gasteiger charge is 2.16. The molecule has 0 saturated carbocycles. The summed E-state index contributed by atoms with van der Waals surface area (Å²) in [6, 6.07) is 23.5. The number of rotatable bonds is 5. The van der Waals surface area contributed by atoms with Crippen molar-refractivity contribution in [2.24, 2.45) is 0 Å². The van der Waals surface area contributed by atoms with Crippen LogP contribution in [0.4, 0.5) is 0 Å². The smallest absolute Gasteiger partial charge is 0.343 e. The second kappa shape index (κ2) is 7.94. The van der Waals surface area contributed by atoms with Crippen LogP contribution < -0.4 is 0 Å². The number of aromatic hydroxyl groups is 1. The number of phenols is 1. The van der Waals surface area contributed by atoms with Crippen LogP contribution >= 0.6 is 0 Å². The molecule has 26 heavy (non-hydrogen) atoms. The number of para-hydroxylation sites is 1. The second-order valence-electron chi connectivity index (χ2n) is 5.51. The van der Waals surface area contributed by atoms with Crippen LogP contribution in [-0.4, -0.2) is 16.9 Å². The number of hydrogen-bond acceptors (Lipinski definition) is 4. The molecule has 0 aromatic heterocycles. The molecular weight excluding hydrogens is 328 g/mol. The van der Waals surface area contributed by atoms with Crippen LogP contribution in [0.1, 0.15) is 26.3 Å². The fraction of sp³-hybridized carbons (Fsp3) is 0. The first-order valence-corrected chi connectivity index (χ1v) is 8.02. The molecule has 0 aliphatic carbocycles. The molecule has 0 spiro atoms. The van der Waals surface area contributed by atoms with E-state index in [0.717, 1.165) is 0 Å². The standard InChI is InChI=1S/C22H16O4/c23-19-14-8-7-13-18(19)21(15-20(24)16-9-3-1-4-10-16)26-22(25)17-11-5-2-6-12-17/h1-15,23H. The van der Waals surface area contributed by atoms with Gasteiger partial charge >= 0.3 is 5.97 Å². The van der Waals surface area contributed by atoms with Crippen molar-refractivity contribution < 1.29 is 19.4 Å². The van der Waals surface area contributed by atoms with Gasteiger partial charge in [-0.3, -0.25) is 4.79 Å². The third-order valence-corrected chi connectivity index (χ3v) is 3.70. The molecular formula is C22H16O4. The van der Waals surface area contributed by atoms with Crippen molar-refractivity contribution in [3.8, 4) is 5.75 Å². The van der Waals surface area contributed by atoms with Gasteiger partial charge in [-0.1, -0.05) is 60.7 Å². The summed E-state index contributed by atoms with van der Waals surface area (Å²) < 4.78 is 5.44. The van der Waals surface area contributed by atoms with E-state index in [4.69, 9.17) is 4.74 Å². The van der Waals surface area contributed by atoms with Gasteiger partial charge in [0.15, 0.2) is 5.78 Å². The number of carbonyl (C=O) groups is 2. The second-order valence-corrected chi connectivity index (χ2v) is 5.51. The SMILES string of the molecule is O=C(C=C(OC(=O)c1ccccc1)c1ccccc1O)c1ccccc1. The highest BCUT2D eigenvalue weighted by Crippen LogP contribution is 2.27. The molecule has 0 heterocycles. The van der Waals surface area contributed by atoms with Gasteiger partial charge in [0, 0.05) is 11.6 Å². The van der Waals surface area contributed by atoms with E-state index in [2.05, 4.69) is 0 Å². The van der Waals surface area contributed by atoms with E-state index in [1.165, 1.54) is 12.1 Å². The van der Waals surface area contributed by atoms with Gasteiger partial charge in [-0.05, 0) is 24.3 Å². The van der Waals surface area contributed by atoms with Gasteiger partial charge in [0.2, 0.25) is 0 Å². The predicted molar refractivity (Wildman–Crippen MR) is 98.7 cm³/mol. The van der Waals surface area contributed by atoms with E-state index >= 15 is 0 Å². The number of ketones is 1. The molecule has 0 aliphatic heterocycles. The van der Waals surface area contributed by atoms with Crippen LogP contribution in [0.25, 0.3) is 5.76 Å². The number of allylic oxidation sites excluding steroid dienone is 1. The zero-order chi connectivity index (χ0) is 18.4. The van der Waals surface area contributed by atoms with Crippen molar-refractivity contribution in [1.82, 2.24) is 0 Å². The summed E-state index contributed by atoms with van der Waals surface area (Å²) >= 11 is 0. The van der Waals surface area contributed by atoms with E-state index in [1.54, 1.807) is 78.9 Å². The van der Waals surface area contributed by atoms with Crippen molar-refractivity contribution >= 4 is 17.5 Å². The normalized spacial score (nSPS) is 11.0. The van der Waals surface area contributed by atoms with Gasteiger partial charge in [-0.2, -0.15) is 0 Å². The number of ether oxygens (including phenoxy) is 1. The van der Waals surface area contributed by atoms with Crippen molar-refractivity contribution in [3.05, 3.63) is 108 Å². The molecule has 4 nitrogen and oxygen atoms in total. The molecule has 1 N–H and O–H groups in total. The first kappa shape index (κ1) is 17.2. The Labute approximate surface area is 151 Å². The van der Waals surface area contributed by atoms with Gasteiger partial charge in [0.05, 0.1) is 11.1 Å². The lowest BCUT2D eigenvalue weighted by atomic mass is 10.1. The molecule has 3 rings (SSSR count). The number of phenolic OH excluding ortho intramolecular Hbond substituents is 1. The molecule has 3 aromatic carbocycles. The lowest BCUT2D eigenvalue weighted by Gasteiger charge is -2.11. The maximum absolute atomic E-state index is 12.5. The third-order valence-electron chi connectivity index (χ3n) is 3.70. The Bertz CT molecular complexity index is 944. The molecule has 0 atom stereocenters. The Morgan fingerprint density at radius 2 is 1.27 bits per heavy atom. The molecule has 0 fully saturated rings. The van der Waals surface area contributed by atoms with Gasteiger partial charge in [-0.15, -0.1) is 0 Å². The number of esters is 1. The minimum atomic E-state index is -0.610. The Hall–Kier alpha value is -3.66. The fourth-order valence-electron chi connectivity index (χ4n) is 2.38. The van der Waals surface area contributed by atoms with Crippen LogP contribution in [0.2, 0.25) is 0 Å². The average Bonchev–Trinajstić information content (AvgIpc) is 2.69. The summed E-state index contributed by atoms with van der Waals surface area (Å²) in [5, 5.41) is 10.1. The minimum Gasteiger partial charge on any atom is -0.507 e. The topological polar surface area (TPSA) is 63.6 Å². The van der Waals surface area contributed by atoms with E-state index < -0.39 is 5.97 Å². The van der Waals surface area contributed by atoms with E-state index in [-0.39, 0.29) is 22.9 Å². The van der Waals surface area contributed by atoms with Crippen molar-refractivity contribution in [2.75, 3.05) is 0 Å². The molecule has 4 heteroatoms. The first-order valence-electron chi connectivity index (χ1n) is 8.02. The predicted octanol–water partition coefficient (Wildman–Crippen LogP) is 4.47. The summed E-state index contributed by atoms with van der Waals surface area (Å²) in [5.41, 5.74) is 1.07. The molecule has 0 amide bonds. The number of carbonyl (C=O) groups excluding carboxylic acids is 2. The summed E-state index contributed by atoms with van der Waals surface area (Å²) in [7, 11) is 0. The van der Waals surface area contributed by atoms with Crippen molar-refractivity contribution in [2.45, 2.75) is 0 Å². The van der Waals surface area contributed by atoms with Crippen LogP contribution in [0.5, 0.6) is 5.75 Å². The number of benzene rings is 3. The lowest BCUT2D eigenvalue weighted by Crippen LogP contribution is -2.06. The van der Waals surface area contributed by atoms with Gasteiger partial charge in [0.1, 0.15) is 11.5 Å². The Morgan fingerprint density at radius 3 is 1.88 bits per heavy atom. The first-order chi connectivity index (χ1) is 12.6. The van der Waals surface area contributed by atoms with Crippen LogP contribution in [-0.2, 0) is 4.74 Å².